The summed E-state index contributed by atoms with van der Waals surface area (Å²) < 4.78 is 173. The van der Waals surface area contributed by atoms with E-state index in [0.717, 1.165) is 0 Å². The van der Waals surface area contributed by atoms with Crippen molar-refractivity contribution in [2.24, 2.45) is 16.1 Å². The number of halogens is 13. The molecule has 0 aliphatic heterocycles. The Balaban J connectivity index is 3.41. The highest BCUT2D eigenvalue weighted by Gasteiger charge is 2.91. The Morgan fingerprint density at radius 3 is 1.68 bits per heavy atom. The van der Waals surface area contributed by atoms with Crippen LogP contribution in [0, 0.1) is 26.1 Å². The third-order valence-corrected chi connectivity index (χ3v) is 4.81. The zero-order chi connectivity index (χ0) is 29.4. The largest absolute Gasteiger partial charge is 0.460 e. The number of hydrogen-bond donors (Lipinski definition) is 0. The first-order chi connectivity index (χ1) is 16.4. The summed E-state index contributed by atoms with van der Waals surface area (Å²) in [5.74, 6) is -41.1. The molecule has 1 aromatic rings. The van der Waals surface area contributed by atoms with Gasteiger partial charge in [0.15, 0.2) is 5.69 Å². The first kappa shape index (κ1) is 31.7. The van der Waals surface area contributed by atoms with E-state index in [2.05, 4.69) is 10.2 Å². The number of azo groups is 1. The number of alkyl halides is 13. The summed E-state index contributed by atoms with van der Waals surface area (Å²) in [5.41, 5.74) is -2.92. The number of hydrogen-bond acceptors (Lipinski definition) is 6. The Bertz CT molecular complexity index is 1060. The Hall–Kier alpha value is -3.29. The van der Waals surface area contributed by atoms with Crippen LogP contribution in [0.1, 0.15) is 13.3 Å². The Morgan fingerprint density at radius 1 is 0.784 bits per heavy atom. The Labute approximate surface area is 195 Å². The molecule has 0 aliphatic rings. The van der Waals surface area contributed by atoms with E-state index in [1.807, 2.05) is 0 Å². The molecule has 0 radical (unpaired) electrons. The highest BCUT2D eigenvalue weighted by atomic mass is 19.4. The maximum absolute atomic E-state index is 14.3. The van der Waals surface area contributed by atoms with Gasteiger partial charge in [-0.05, 0) is 12.5 Å². The molecule has 0 aromatic heterocycles. The van der Waals surface area contributed by atoms with Crippen LogP contribution >= 0.6 is 0 Å². The van der Waals surface area contributed by atoms with Gasteiger partial charge >= 0.3 is 41.5 Å². The standard InChI is InChI=1S/C16H11F13N4O4/c1-2-7(6-30-31-9-4-3-8(32(34)35)5-10(9)33(36)37)11(17,18)12(19,20)13(21,22)14(23,24)15(25,26)16(27,28)29/h3-5,7H,2,6H2,1H3. The smallest absolute Gasteiger partial charge is 0.258 e. The van der Waals surface area contributed by atoms with Crippen molar-refractivity contribution >= 4 is 17.1 Å². The minimum absolute atomic E-state index is 0.317. The van der Waals surface area contributed by atoms with Gasteiger partial charge in [-0.15, -0.1) is 5.11 Å². The van der Waals surface area contributed by atoms with Crippen molar-refractivity contribution in [1.82, 2.24) is 0 Å². The fraction of sp³-hybridized carbons (Fsp3) is 0.625. The highest BCUT2D eigenvalue weighted by Crippen LogP contribution is 2.61. The number of nitrogens with zero attached hydrogens (tertiary/aromatic N) is 4. The van der Waals surface area contributed by atoms with E-state index in [-0.39, 0.29) is 0 Å². The maximum atomic E-state index is 14.3. The number of non-ortho nitro benzene ring substituents is 1. The first-order valence-electron chi connectivity index (χ1n) is 9.17. The monoisotopic (exact) mass is 570 g/mol. The van der Waals surface area contributed by atoms with Gasteiger partial charge in [0.1, 0.15) is 0 Å². The van der Waals surface area contributed by atoms with E-state index in [1.54, 1.807) is 0 Å². The molecule has 0 fully saturated rings. The molecule has 1 atom stereocenters. The highest BCUT2D eigenvalue weighted by molar-refractivity contribution is 5.61. The predicted molar refractivity (Wildman–Crippen MR) is 93.7 cm³/mol. The summed E-state index contributed by atoms with van der Waals surface area (Å²) in [7, 11) is 0. The van der Waals surface area contributed by atoms with Crippen LogP contribution in [-0.2, 0) is 0 Å². The predicted octanol–water partition coefficient (Wildman–Crippen LogP) is 7.35. The summed E-state index contributed by atoms with van der Waals surface area (Å²) in [6.45, 7) is -1.25. The van der Waals surface area contributed by atoms with Crippen LogP contribution in [0.25, 0.3) is 0 Å². The quantitative estimate of drug-likeness (QED) is 0.120. The van der Waals surface area contributed by atoms with E-state index in [0.29, 0.717) is 25.1 Å². The summed E-state index contributed by atoms with van der Waals surface area (Å²) in [5, 5.41) is 27.4. The number of nitro groups is 2. The van der Waals surface area contributed by atoms with Crippen LogP contribution in [0.5, 0.6) is 0 Å². The van der Waals surface area contributed by atoms with Crippen LogP contribution in [-0.4, -0.2) is 52.2 Å². The molecule has 1 aromatic carbocycles. The fourth-order valence-corrected chi connectivity index (χ4v) is 2.61. The van der Waals surface area contributed by atoms with Crippen molar-refractivity contribution in [2.75, 3.05) is 6.54 Å². The molecule has 0 saturated carbocycles. The molecule has 37 heavy (non-hydrogen) atoms. The molecule has 1 rings (SSSR count). The maximum Gasteiger partial charge on any atom is 0.460 e. The van der Waals surface area contributed by atoms with Crippen LogP contribution < -0.4 is 0 Å². The van der Waals surface area contributed by atoms with E-state index < -0.39 is 81.6 Å². The minimum atomic E-state index is -8.05. The summed E-state index contributed by atoms with van der Waals surface area (Å²) >= 11 is 0. The van der Waals surface area contributed by atoms with Crippen LogP contribution in [0.2, 0.25) is 0 Å². The lowest BCUT2D eigenvalue weighted by atomic mass is 9.86. The van der Waals surface area contributed by atoms with Crippen molar-refractivity contribution < 1.29 is 66.9 Å². The average molecular weight is 570 g/mol. The van der Waals surface area contributed by atoms with Gasteiger partial charge in [0.25, 0.3) is 5.69 Å². The molecule has 0 aliphatic carbocycles. The number of benzene rings is 1. The van der Waals surface area contributed by atoms with Crippen molar-refractivity contribution in [3.8, 4) is 0 Å². The molecule has 0 amide bonds. The lowest BCUT2D eigenvalue weighted by Gasteiger charge is -2.41. The van der Waals surface area contributed by atoms with E-state index in [1.165, 1.54) is 0 Å². The third-order valence-electron chi connectivity index (χ3n) is 4.81. The molecule has 0 N–H and O–H groups in total. The van der Waals surface area contributed by atoms with Gasteiger partial charge in [0.05, 0.1) is 28.4 Å². The van der Waals surface area contributed by atoms with Crippen molar-refractivity contribution in [3.05, 3.63) is 38.4 Å². The zero-order valence-electron chi connectivity index (χ0n) is 17.6. The van der Waals surface area contributed by atoms with Gasteiger partial charge in [0.2, 0.25) is 0 Å². The SMILES string of the molecule is CCC(CN=Nc1ccc([N+](=O)[O-])cc1[N+](=O)[O-])C(F)(F)C(F)(F)C(F)(F)C(F)(F)C(F)(F)C(F)(F)F. The topological polar surface area (TPSA) is 111 Å². The molecule has 8 nitrogen and oxygen atoms in total. The van der Waals surface area contributed by atoms with Gasteiger partial charge in [0, 0.05) is 6.07 Å². The second kappa shape index (κ2) is 9.88. The number of nitro benzene ring substituents is 2. The van der Waals surface area contributed by atoms with Crippen LogP contribution in [0.15, 0.2) is 28.4 Å². The van der Waals surface area contributed by atoms with E-state index >= 15 is 0 Å². The van der Waals surface area contributed by atoms with Gasteiger partial charge in [-0.25, -0.2) is 0 Å². The summed E-state index contributed by atoms with van der Waals surface area (Å²) in [6, 6.07) is 1.46. The molecule has 0 bridgehead atoms. The molecule has 1 unspecified atom stereocenters. The number of rotatable bonds is 11. The van der Waals surface area contributed by atoms with Crippen molar-refractivity contribution in [1.29, 1.82) is 0 Å². The first-order valence-corrected chi connectivity index (χ1v) is 9.17. The second-order valence-corrected chi connectivity index (χ2v) is 7.13. The fourth-order valence-electron chi connectivity index (χ4n) is 2.61. The molecule has 0 spiro atoms. The van der Waals surface area contributed by atoms with Crippen molar-refractivity contribution in [2.45, 2.75) is 49.1 Å². The summed E-state index contributed by atoms with van der Waals surface area (Å²) in [6.07, 6.45) is -8.88. The molecule has 210 valence electrons. The molecular formula is C16H11F13N4O4. The van der Waals surface area contributed by atoms with E-state index in [4.69, 9.17) is 0 Å². The minimum Gasteiger partial charge on any atom is -0.258 e. The average Bonchev–Trinajstić information content (AvgIpc) is 2.74. The van der Waals surface area contributed by atoms with Crippen LogP contribution in [0.4, 0.5) is 74.1 Å². The molecule has 21 heteroatoms. The lowest BCUT2D eigenvalue weighted by Crippen LogP contribution is -2.71. The third kappa shape index (κ3) is 5.24. The molecule has 0 saturated heterocycles. The van der Waals surface area contributed by atoms with Crippen LogP contribution in [0.3, 0.4) is 0 Å². The van der Waals surface area contributed by atoms with E-state index in [9.17, 15) is 77.3 Å². The molecule has 0 heterocycles. The van der Waals surface area contributed by atoms with Gasteiger partial charge in [-0.1, -0.05) is 6.92 Å². The van der Waals surface area contributed by atoms with Crippen molar-refractivity contribution in [3.63, 3.8) is 0 Å². The van der Waals surface area contributed by atoms with Gasteiger partial charge < -0.3 is 0 Å². The van der Waals surface area contributed by atoms with Gasteiger partial charge in [-0.2, -0.15) is 62.2 Å². The molecular weight excluding hydrogens is 559 g/mol. The lowest BCUT2D eigenvalue weighted by molar-refractivity contribution is -0.443. The zero-order valence-corrected chi connectivity index (χ0v) is 17.6. The Kier molecular flexibility index (Phi) is 8.47. The Morgan fingerprint density at radius 2 is 1.27 bits per heavy atom. The second-order valence-electron chi connectivity index (χ2n) is 7.13. The summed E-state index contributed by atoms with van der Waals surface area (Å²) in [4.78, 5) is 19.2. The normalized spacial score (nSPS) is 15.2. The van der Waals surface area contributed by atoms with Gasteiger partial charge in [-0.3, -0.25) is 20.2 Å².